The Bertz CT molecular complexity index is 640. The Labute approximate surface area is 134 Å². The molecule has 1 nitrogen and oxygen atoms in total. The van der Waals surface area contributed by atoms with Crippen molar-refractivity contribution in [3.8, 4) is 0 Å². The smallest absolute Gasteiger partial charge is 0.0815 e. The summed E-state index contributed by atoms with van der Waals surface area (Å²) in [6.45, 7) is 1.16. The van der Waals surface area contributed by atoms with Crippen LogP contribution in [-0.2, 0) is 12.8 Å². The van der Waals surface area contributed by atoms with E-state index in [1.807, 2.05) is 0 Å². The lowest BCUT2D eigenvalue weighted by molar-refractivity contribution is -0.869. The molecule has 2 aromatic carbocycles. The fourth-order valence-corrected chi connectivity index (χ4v) is 3.23. The zero-order valence-corrected chi connectivity index (χ0v) is 14.0. The maximum atomic E-state index is 2.45. The molecule has 1 heteroatoms. The average molecular weight is 292 g/mol. The molecule has 0 saturated heterocycles. The molecule has 0 unspecified atom stereocenters. The van der Waals surface area contributed by atoms with Gasteiger partial charge in [0.15, 0.2) is 0 Å². The lowest BCUT2D eigenvalue weighted by Crippen LogP contribution is -2.34. The van der Waals surface area contributed by atoms with Crippen molar-refractivity contribution in [2.45, 2.75) is 19.3 Å². The predicted octanol–water partition coefficient (Wildman–Crippen LogP) is 4.31. The Balaban J connectivity index is 2.04. The van der Waals surface area contributed by atoms with Gasteiger partial charge >= 0.3 is 0 Å². The second-order valence-electron chi connectivity index (χ2n) is 7.23. The summed E-state index contributed by atoms with van der Waals surface area (Å²) in [5.41, 5.74) is 7.24. The number of rotatable bonds is 3. The van der Waals surface area contributed by atoms with Gasteiger partial charge in [-0.1, -0.05) is 54.6 Å². The van der Waals surface area contributed by atoms with Gasteiger partial charge in [0.25, 0.3) is 0 Å². The first-order valence-electron chi connectivity index (χ1n) is 8.22. The van der Waals surface area contributed by atoms with E-state index in [0.717, 1.165) is 30.3 Å². The molecule has 0 N–H and O–H groups in total. The van der Waals surface area contributed by atoms with Gasteiger partial charge in [-0.2, -0.15) is 0 Å². The van der Waals surface area contributed by atoms with Gasteiger partial charge in [0.05, 0.1) is 27.7 Å². The van der Waals surface area contributed by atoms with Crippen molar-refractivity contribution < 1.29 is 4.48 Å². The zero-order valence-electron chi connectivity index (χ0n) is 14.0. The summed E-state index contributed by atoms with van der Waals surface area (Å²) in [5, 5.41) is 0. The Kier molecular flexibility index (Phi) is 4.17. The van der Waals surface area contributed by atoms with Gasteiger partial charge in [0.2, 0.25) is 0 Å². The van der Waals surface area contributed by atoms with E-state index in [4.69, 9.17) is 0 Å². The molecule has 114 valence electrons. The summed E-state index contributed by atoms with van der Waals surface area (Å²) in [4.78, 5) is 0. The van der Waals surface area contributed by atoms with Crippen molar-refractivity contribution in [3.05, 3.63) is 76.9 Å². The normalized spacial score (nSPS) is 14.0. The Morgan fingerprint density at radius 1 is 0.818 bits per heavy atom. The van der Waals surface area contributed by atoms with Gasteiger partial charge in [0.1, 0.15) is 0 Å². The lowest BCUT2D eigenvalue weighted by Gasteiger charge is -2.23. The van der Waals surface area contributed by atoms with Gasteiger partial charge in [-0.25, -0.2) is 0 Å². The molecule has 0 fully saturated rings. The van der Waals surface area contributed by atoms with Crippen LogP contribution in [-0.4, -0.2) is 32.2 Å². The molecule has 0 aliphatic heterocycles. The molecule has 0 saturated carbocycles. The minimum Gasteiger partial charge on any atom is -0.331 e. The minimum absolute atomic E-state index is 1.01. The Morgan fingerprint density at radius 2 is 1.32 bits per heavy atom. The maximum Gasteiger partial charge on any atom is 0.0815 e. The molecule has 0 aromatic heterocycles. The minimum atomic E-state index is 1.01. The SMILES string of the molecule is C[N+](C)(C)CCC=C1c2ccccc2CCc2ccccc21. The monoisotopic (exact) mass is 292 g/mol. The van der Waals surface area contributed by atoms with Crippen molar-refractivity contribution >= 4 is 5.57 Å². The van der Waals surface area contributed by atoms with Gasteiger partial charge in [-0.3, -0.25) is 0 Å². The average Bonchev–Trinajstić information content (AvgIpc) is 2.64. The fourth-order valence-electron chi connectivity index (χ4n) is 3.23. The molecule has 1 aliphatic carbocycles. The van der Waals surface area contributed by atoms with Crippen molar-refractivity contribution in [2.75, 3.05) is 27.7 Å². The van der Waals surface area contributed by atoms with Crippen LogP contribution >= 0.6 is 0 Å². The fraction of sp³-hybridized carbons (Fsp3) is 0.333. The molecule has 2 aromatic rings. The molecule has 22 heavy (non-hydrogen) atoms. The first-order chi connectivity index (χ1) is 10.5. The number of quaternary nitrogens is 1. The van der Waals surface area contributed by atoms with Gasteiger partial charge in [0, 0.05) is 6.42 Å². The van der Waals surface area contributed by atoms with E-state index in [0.29, 0.717) is 0 Å². The van der Waals surface area contributed by atoms with E-state index in [1.54, 1.807) is 0 Å². The molecular weight excluding hydrogens is 266 g/mol. The number of benzene rings is 2. The largest absolute Gasteiger partial charge is 0.331 e. The second kappa shape index (κ2) is 6.10. The quantitative estimate of drug-likeness (QED) is 0.739. The number of nitrogens with zero attached hydrogens (tertiary/aromatic N) is 1. The van der Waals surface area contributed by atoms with Crippen LogP contribution in [0.2, 0.25) is 0 Å². The van der Waals surface area contributed by atoms with E-state index in [9.17, 15) is 0 Å². The first kappa shape index (κ1) is 15.1. The maximum absolute atomic E-state index is 2.45. The molecule has 1 aliphatic rings. The van der Waals surface area contributed by atoms with Crippen molar-refractivity contribution in [1.82, 2.24) is 0 Å². The van der Waals surface area contributed by atoms with Crippen LogP contribution in [0.4, 0.5) is 0 Å². The summed E-state index contributed by atoms with van der Waals surface area (Å²) in [6.07, 6.45) is 5.84. The highest BCUT2D eigenvalue weighted by molar-refractivity contribution is 5.83. The number of fused-ring (bicyclic) bond motifs is 2. The van der Waals surface area contributed by atoms with Gasteiger partial charge < -0.3 is 4.48 Å². The van der Waals surface area contributed by atoms with Crippen molar-refractivity contribution in [1.29, 1.82) is 0 Å². The number of hydrogen-bond donors (Lipinski definition) is 0. The van der Waals surface area contributed by atoms with E-state index < -0.39 is 0 Å². The highest BCUT2D eigenvalue weighted by Gasteiger charge is 2.17. The molecule has 0 amide bonds. The van der Waals surface area contributed by atoms with Crippen LogP contribution in [0.25, 0.3) is 5.57 Å². The Hall–Kier alpha value is -1.86. The summed E-state index contributed by atoms with van der Waals surface area (Å²) < 4.78 is 1.01. The highest BCUT2D eigenvalue weighted by atomic mass is 15.3. The van der Waals surface area contributed by atoms with E-state index >= 15 is 0 Å². The highest BCUT2D eigenvalue weighted by Crippen LogP contribution is 2.33. The van der Waals surface area contributed by atoms with Crippen LogP contribution in [0.3, 0.4) is 0 Å². The van der Waals surface area contributed by atoms with Crippen LogP contribution in [0, 0.1) is 0 Å². The summed E-state index contributed by atoms with van der Waals surface area (Å²) in [7, 11) is 6.77. The van der Waals surface area contributed by atoms with E-state index in [2.05, 4.69) is 75.7 Å². The number of aryl methyl sites for hydroxylation is 2. The van der Waals surface area contributed by atoms with E-state index in [1.165, 1.54) is 27.8 Å². The molecular formula is C21H26N+. The molecule has 0 atom stereocenters. The summed E-state index contributed by atoms with van der Waals surface area (Å²) in [5.74, 6) is 0. The molecule has 0 heterocycles. The van der Waals surface area contributed by atoms with Gasteiger partial charge in [-0.05, 0) is 40.7 Å². The standard InChI is InChI=1S/C21H26N/c1-22(2,3)16-8-13-21-19-11-6-4-9-17(19)14-15-18-10-5-7-12-20(18)21/h4-7,9-13H,8,14-16H2,1-3H3/q+1. The van der Waals surface area contributed by atoms with Crippen molar-refractivity contribution in [2.24, 2.45) is 0 Å². The Morgan fingerprint density at radius 3 is 1.82 bits per heavy atom. The van der Waals surface area contributed by atoms with Crippen LogP contribution in [0.15, 0.2) is 54.6 Å². The van der Waals surface area contributed by atoms with Crippen LogP contribution in [0.5, 0.6) is 0 Å². The summed E-state index contributed by atoms with van der Waals surface area (Å²) in [6, 6.07) is 17.8. The first-order valence-corrected chi connectivity index (χ1v) is 8.22. The molecule has 0 bridgehead atoms. The van der Waals surface area contributed by atoms with Crippen LogP contribution < -0.4 is 0 Å². The molecule has 0 radical (unpaired) electrons. The van der Waals surface area contributed by atoms with Crippen molar-refractivity contribution in [3.63, 3.8) is 0 Å². The lowest BCUT2D eigenvalue weighted by atomic mass is 9.93. The molecule has 0 spiro atoms. The predicted molar refractivity (Wildman–Crippen MR) is 94.9 cm³/mol. The second-order valence-corrected chi connectivity index (χ2v) is 7.23. The van der Waals surface area contributed by atoms with Crippen LogP contribution in [0.1, 0.15) is 28.7 Å². The topological polar surface area (TPSA) is 0 Å². The van der Waals surface area contributed by atoms with E-state index in [-0.39, 0.29) is 0 Å². The third-order valence-corrected chi connectivity index (χ3v) is 4.43. The number of hydrogen-bond acceptors (Lipinski definition) is 0. The third-order valence-electron chi connectivity index (χ3n) is 4.43. The zero-order chi connectivity index (χ0) is 15.6. The molecule has 3 rings (SSSR count). The summed E-state index contributed by atoms with van der Waals surface area (Å²) >= 11 is 0. The third kappa shape index (κ3) is 3.31. The van der Waals surface area contributed by atoms with Gasteiger partial charge in [-0.15, -0.1) is 0 Å².